The fourth-order valence-electron chi connectivity index (χ4n) is 0.936. The van der Waals surface area contributed by atoms with Gasteiger partial charge in [-0.25, -0.2) is 0 Å². The van der Waals surface area contributed by atoms with E-state index in [0.29, 0.717) is 12.2 Å². The van der Waals surface area contributed by atoms with E-state index in [1.54, 1.807) is 17.9 Å². The Bertz CT molecular complexity index is 308. The van der Waals surface area contributed by atoms with Gasteiger partial charge in [-0.1, -0.05) is 6.92 Å². The third-order valence-electron chi connectivity index (χ3n) is 1.53. The number of halogens is 1. The molecule has 1 amide bonds. The van der Waals surface area contributed by atoms with Crippen LogP contribution in [0.5, 0.6) is 0 Å². The lowest BCUT2D eigenvalue weighted by Crippen LogP contribution is -2.24. The summed E-state index contributed by atoms with van der Waals surface area (Å²) in [6.07, 6.45) is 2.68. The van der Waals surface area contributed by atoms with E-state index < -0.39 is 0 Å². The third-order valence-corrected chi connectivity index (χ3v) is 2.12. The fraction of sp³-hybridized carbons (Fsp3) is 0.500. The second kappa shape index (κ2) is 4.41. The molecule has 0 aromatic carbocycles. The first-order valence-electron chi connectivity index (χ1n) is 4.12. The minimum Gasteiger partial charge on any atom is -0.351 e. The van der Waals surface area contributed by atoms with Crippen LogP contribution in [0.4, 0.5) is 0 Å². The number of aryl methyl sites for hydroxylation is 1. The van der Waals surface area contributed by atoms with Gasteiger partial charge in [0.1, 0.15) is 0 Å². The molecule has 0 aliphatic rings. The summed E-state index contributed by atoms with van der Waals surface area (Å²) in [4.78, 5) is 11.4. The molecule has 13 heavy (non-hydrogen) atoms. The minimum atomic E-state index is -0.130. The molecule has 72 valence electrons. The summed E-state index contributed by atoms with van der Waals surface area (Å²) in [6.45, 7) is 2.69. The van der Waals surface area contributed by atoms with Crippen LogP contribution in [0.3, 0.4) is 0 Å². The van der Waals surface area contributed by atoms with Gasteiger partial charge in [0.25, 0.3) is 5.91 Å². The van der Waals surface area contributed by atoms with Gasteiger partial charge in [0.05, 0.1) is 4.47 Å². The van der Waals surface area contributed by atoms with Crippen molar-refractivity contribution in [1.82, 2.24) is 15.1 Å². The van der Waals surface area contributed by atoms with Crippen LogP contribution in [0, 0.1) is 0 Å². The van der Waals surface area contributed by atoms with Gasteiger partial charge in [0.15, 0.2) is 5.69 Å². The zero-order valence-corrected chi connectivity index (χ0v) is 9.26. The van der Waals surface area contributed by atoms with Crippen LogP contribution >= 0.6 is 15.9 Å². The average molecular weight is 246 g/mol. The molecule has 0 radical (unpaired) electrons. The molecule has 0 atom stereocenters. The first-order chi connectivity index (χ1) is 6.15. The Morgan fingerprint density at radius 3 is 2.92 bits per heavy atom. The van der Waals surface area contributed by atoms with Crippen LogP contribution < -0.4 is 5.32 Å². The normalized spacial score (nSPS) is 10.1. The van der Waals surface area contributed by atoms with E-state index in [4.69, 9.17) is 0 Å². The number of amides is 1. The standard InChI is InChI=1S/C8H12BrN3O/c1-3-4-10-8(13)7-6(9)5-12(2)11-7/h5H,3-4H2,1-2H3,(H,10,13). The maximum absolute atomic E-state index is 11.4. The lowest BCUT2D eigenvalue weighted by atomic mass is 10.4. The van der Waals surface area contributed by atoms with Crippen LogP contribution in [0.25, 0.3) is 0 Å². The summed E-state index contributed by atoms with van der Waals surface area (Å²) in [6, 6.07) is 0. The highest BCUT2D eigenvalue weighted by atomic mass is 79.9. The summed E-state index contributed by atoms with van der Waals surface area (Å²) in [5, 5.41) is 6.78. The van der Waals surface area contributed by atoms with Gasteiger partial charge in [-0.15, -0.1) is 0 Å². The van der Waals surface area contributed by atoms with Gasteiger partial charge in [-0.05, 0) is 22.4 Å². The number of aromatic nitrogens is 2. The van der Waals surface area contributed by atoms with Gasteiger partial charge < -0.3 is 5.32 Å². The van der Waals surface area contributed by atoms with Crippen molar-refractivity contribution < 1.29 is 4.79 Å². The van der Waals surface area contributed by atoms with E-state index in [-0.39, 0.29) is 5.91 Å². The first-order valence-corrected chi connectivity index (χ1v) is 4.91. The molecular formula is C8H12BrN3O. The molecule has 0 saturated heterocycles. The Hall–Kier alpha value is -0.840. The Morgan fingerprint density at radius 2 is 2.46 bits per heavy atom. The molecule has 0 unspecified atom stereocenters. The second-order valence-electron chi connectivity index (χ2n) is 2.76. The zero-order chi connectivity index (χ0) is 9.84. The molecule has 0 fully saturated rings. The highest BCUT2D eigenvalue weighted by molar-refractivity contribution is 9.10. The van der Waals surface area contributed by atoms with E-state index in [0.717, 1.165) is 10.9 Å². The van der Waals surface area contributed by atoms with E-state index in [1.807, 2.05) is 6.92 Å². The molecular weight excluding hydrogens is 234 g/mol. The molecule has 0 aliphatic carbocycles. The molecule has 1 heterocycles. The number of nitrogens with one attached hydrogen (secondary N) is 1. The predicted octanol–water partition coefficient (Wildman–Crippen LogP) is 1.32. The molecule has 4 nitrogen and oxygen atoms in total. The van der Waals surface area contributed by atoms with Crippen molar-refractivity contribution in [3.63, 3.8) is 0 Å². The topological polar surface area (TPSA) is 46.9 Å². The Labute approximate surface area is 85.4 Å². The number of nitrogens with zero attached hydrogens (tertiary/aromatic N) is 2. The third kappa shape index (κ3) is 2.55. The summed E-state index contributed by atoms with van der Waals surface area (Å²) in [7, 11) is 1.78. The maximum Gasteiger partial charge on any atom is 0.272 e. The molecule has 1 N–H and O–H groups in total. The average Bonchev–Trinajstić information content (AvgIpc) is 2.41. The van der Waals surface area contributed by atoms with Gasteiger partial charge >= 0.3 is 0 Å². The molecule has 1 aromatic rings. The largest absolute Gasteiger partial charge is 0.351 e. The van der Waals surface area contributed by atoms with E-state index >= 15 is 0 Å². The van der Waals surface area contributed by atoms with E-state index in [2.05, 4.69) is 26.3 Å². The van der Waals surface area contributed by atoms with Crippen LogP contribution in [-0.2, 0) is 7.05 Å². The lowest BCUT2D eigenvalue weighted by molar-refractivity contribution is 0.0947. The first kappa shape index (κ1) is 10.2. The number of hydrogen-bond acceptors (Lipinski definition) is 2. The molecule has 0 saturated carbocycles. The second-order valence-corrected chi connectivity index (χ2v) is 3.61. The maximum atomic E-state index is 11.4. The van der Waals surface area contributed by atoms with Crippen molar-refractivity contribution in [3.8, 4) is 0 Å². The number of hydrogen-bond donors (Lipinski definition) is 1. The van der Waals surface area contributed by atoms with Gasteiger partial charge in [0.2, 0.25) is 0 Å². The Morgan fingerprint density at radius 1 is 1.77 bits per heavy atom. The molecule has 5 heteroatoms. The summed E-state index contributed by atoms with van der Waals surface area (Å²) >= 11 is 3.27. The quantitative estimate of drug-likeness (QED) is 0.874. The van der Waals surface area contributed by atoms with Crippen LogP contribution in [0.15, 0.2) is 10.7 Å². The smallest absolute Gasteiger partial charge is 0.272 e. The molecule has 0 aliphatic heterocycles. The highest BCUT2D eigenvalue weighted by Crippen LogP contribution is 2.13. The van der Waals surface area contributed by atoms with Crippen LogP contribution in [0.1, 0.15) is 23.8 Å². The molecule has 1 aromatic heterocycles. The highest BCUT2D eigenvalue weighted by Gasteiger charge is 2.12. The number of rotatable bonds is 3. The van der Waals surface area contributed by atoms with Gasteiger partial charge in [-0.2, -0.15) is 5.10 Å². The summed E-state index contributed by atoms with van der Waals surface area (Å²) in [5.74, 6) is -0.130. The SMILES string of the molecule is CCCNC(=O)c1nn(C)cc1Br. The Balaban J connectivity index is 2.70. The van der Waals surface area contributed by atoms with Crippen molar-refractivity contribution in [2.24, 2.45) is 7.05 Å². The lowest BCUT2D eigenvalue weighted by Gasteiger charge is -1.99. The number of carbonyl (C=O) groups is 1. The van der Waals surface area contributed by atoms with E-state index in [1.165, 1.54) is 0 Å². The monoisotopic (exact) mass is 245 g/mol. The number of carbonyl (C=O) groups excluding carboxylic acids is 1. The predicted molar refractivity (Wildman–Crippen MR) is 53.5 cm³/mol. The summed E-state index contributed by atoms with van der Waals surface area (Å²) in [5.41, 5.74) is 0.441. The van der Waals surface area contributed by atoms with Crippen LogP contribution in [-0.4, -0.2) is 22.2 Å². The van der Waals surface area contributed by atoms with Crippen molar-refractivity contribution in [2.75, 3.05) is 6.54 Å². The molecule has 1 rings (SSSR count). The van der Waals surface area contributed by atoms with Gasteiger partial charge in [-0.3, -0.25) is 9.48 Å². The fourth-order valence-corrected chi connectivity index (χ4v) is 1.49. The van der Waals surface area contributed by atoms with Crippen molar-refractivity contribution in [3.05, 3.63) is 16.4 Å². The van der Waals surface area contributed by atoms with Crippen molar-refractivity contribution >= 4 is 21.8 Å². The summed E-state index contributed by atoms with van der Waals surface area (Å²) < 4.78 is 2.33. The van der Waals surface area contributed by atoms with Crippen molar-refractivity contribution in [1.29, 1.82) is 0 Å². The molecule has 0 bridgehead atoms. The molecule has 0 spiro atoms. The Kier molecular flexibility index (Phi) is 3.48. The zero-order valence-electron chi connectivity index (χ0n) is 7.67. The van der Waals surface area contributed by atoms with E-state index in [9.17, 15) is 4.79 Å². The minimum absolute atomic E-state index is 0.130. The van der Waals surface area contributed by atoms with Gasteiger partial charge in [0, 0.05) is 19.8 Å². The van der Waals surface area contributed by atoms with Crippen LogP contribution in [0.2, 0.25) is 0 Å². The van der Waals surface area contributed by atoms with Crippen molar-refractivity contribution in [2.45, 2.75) is 13.3 Å².